The summed E-state index contributed by atoms with van der Waals surface area (Å²) in [4.78, 5) is 12.1. The molecule has 0 spiro atoms. The van der Waals surface area contributed by atoms with Gasteiger partial charge in [-0.2, -0.15) is 0 Å². The lowest BCUT2D eigenvalue weighted by Gasteiger charge is -2.16. The first-order valence-corrected chi connectivity index (χ1v) is 8.74. The Morgan fingerprint density at radius 3 is 2.58 bits per heavy atom. The van der Waals surface area contributed by atoms with E-state index in [1.807, 2.05) is 48.5 Å². The second-order valence-corrected chi connectivity index (χ2v) is 6.18. The van der Waals surface area contributed by atoms with Gasteiger partial charge in [-0.25, -0.2) is 0 Å². The highest BCUT2D eigenvalue weighted by Crippen LogP contribution is 2.19. The van der Waals surface area contributed by atoms with Gasteiger partial charge >= 0.3 is 0 Å². The van der Waals surface area contributed by atoms with E-state index in [4.69, 9.17) is 16.3 Å². The highest BCUT2D eigenvalue weighted by atomic mass is 35.5. The van der Waals surface area contributed by atoms with E-state index < -0.39 is 6.10 Å². The molecule has 0 radical (unpaired) electrons. The summed E-state index contributed by atoms with van der Waals surface area (Å²) in [6, 6.07) is 15.6. The van der Waals surface area contributed by atoms with Crippen LogP contribution in [0, 0.1) is 0 Å². The van der Waals surface area contributed by atoms with Gasteiger partial charge in [-0.1, -0.05) is 48.9 Å². The summed E-state index contributed by atoms with van der Waals surface area (Å²) in [5, 5.41) is 3.67. The number of ether oxygens (including phenoxy) is 1. The smallest absolute Gasteiger partial charge is 0.260 e. The molecule has 0 aromatic heterocycles. The molecule has 2 rings (SSSR count). The molecular weight excluding hydrogens is 322 g/mol. The number of hydrogen-bond donors (Lipinski definition) is 1. The van der Waals surface area contributed by atoms with Gasteiger partial charge in [-0.05, 0) is 55.5 Å². The zero-order valence-corrected chi connectivity index (χ0v) is 15.0. The van der Waals surface area contributed by atoms with E-state index in [0.717, 1.165) is 35.6 Å². The predicted molar refractivity (Wildman–Crippen MR) is 98.7 cm³/mol. The minimum absolute atomic E-state index is 0.0861. The monoisotopic (exact) mass is 345 g/mol. The first-order valence-electron chi connectivity index (χ1n) is 8.37. The third-order valence-electron chi connectivity index (χ3n) is 3.88. The molecule has 1 N–H and O–H groups in total. The molecule has 0 unspecified atom stereocenters. The van der Waals surface area contributed by atoms with E-state index in [1.165, 1.54) is 5.56 Å². The van der Waals surface area contributed by atoms with Crippen molar-refractivity contribution in [3.05, 3.63) is 64.7 Å². The fourth-order valence-corrected chi connectivity index (χ4v) is 2.58. The van der Waals surface area contributed by atoms with Crippen molar-refractivity contribution in [2.75, 3.05) is 6.54 Å². The van der Waals surface area contributed by atoms with Crippen LogP contribution in [0.1, 0.15) is 31.4 Å². The Morgan fingerprint density at radius 2 is 1.88 bits per heavy atom. The van der Waals surface area contributed by atoms with Gasteiger partial charge in [0.2, 0.25) is 0 Å². The lowest BCUT2D eigenvalue weighted by Crippen LogP contribution is -2.37. The van der Waals surface area contributed by atoms with Crippen LogP contribution in [-0.2, 0) is 17.6 Å². The van der Waals surface area contributed by atoms with Gasteiger partial charge in [-0.15, -0.1) is 0 Å². The van der Waals surface area contributed by atoms with Gasteiger partial charge in [0.05, 0.1) is 0 Å². The van der Waals surface area contributed by atoms with Gasteiger partial charge in [0.15, 0.2) is 6.10 Å². The van der Waals surface area contributed by atoms with Gasteiger partial charge in [0.1, 0.15) is 5.75 Å². The lowest BCUT2D eigenvalue weighted by molar-refractivity contribution is -0.127. The van der Waals surface area contributed by atoms with Crippen molar-refractivity contribution < 1.29 is 9.53 Å². The highest BCUT2D eigenvalue weighted by Gasteiger charge is 2.15. The molecule has 2 aromatic carbocycles. The maximum Gasteiger partial charge on any atom is 0.260 e. The summed E-state index contributed by atoms with van der Waals surface area (Å²) in [6.07, 6.45) is 2.16. The largest absolute Gasteiger partial charge is 0.481 e. The molecule has 3 nitrogen and oxygen atoms in total. The van der Waals surface area contributed by atoms with Gasteiger partial charge in [0, 0.05) is 11.6 Å². The minimum atomic E-state index is -0.506. The predicted octanol–water partition coefficient (Wildman–Crippen LogP) is 4.42. The number of para-hydroxylation sites is 1. The summed E-state index contributed by atoms with van der Waals surface area (Å²) in [5.41, 5.74) is 2.33. The van der Waals surface area contributed by atoms with Crippen molar-refractivity contribution in [2.45, 2.75) is 39.2 Å². The van der Waals surface area contributed by atoms with Gasteiger partial charge < -0.3 is 10.1 Å². The van der Waals surface area contributed by atoms with E-state index in [1.54, 1.807) is 6.92 Å². The van der Waals surface area contributed by atoms with E-state index in [-0.39, 0.29) is 5.91 Å². The van der Waals surface area contributed by atoms with E-state index in [9.17, 15) is 4.79 Å². The normalized spacial score (nSPS) is 11.8. The summed E-state index contributed by atoms with van der Waals surface area (Å²) in [6.45, 7) is 4.48. The molecule has 0 fully saturated rings. The zero-order chi connectivity index (χ0) is 17.4. The second-order valence-electron chi connectivity index (χ2n) is 5.74. The van der Waals surface area contributed by atoms with Crippen molar-refractivity contribution in [2.24, 2.45) is 0 Å². The summed E-state index contributed by atoms with van der Waals surface area (Å²) < 4.78 is 5.80. The molecule has 2 aromatic rings. The summed E-state index contributed by atoms with van der Waals surface area (Å²) in [5.74, 6) is 0.695. The Hall–Kier alpha value is -2.00. The molecule has 1 atom stereocenters. The topological polar surface area (TPSA) is 38.3 Å². The van der Waals surface area contributed by atoms with Crippen molar-refractivity contribution in [1.29, 1.82) is 0 Å². The molecule has 0 saturated heterocycles. The van der Waals surface area contributed by atoms with Gasteiger partial charge in [0.25, 0.3) is 5.91 Å². The molecule has 4 heteroatoms. The third kappa shape index (κ3) is 5.57. The van der Waals surface area contributed by atoms with E-state index in [2.05, 4.69) is 12.2 Å². The summed E-state index contributed by atoms with van der Waals surface area (Å²) >= 11 is 5.87. The Bertz CT molecular complexity index is 655. The van der Waals surface area contributed by atoms with Crippen LogP contribution >= 0.6 is 11.6 Å². The molecule has 0 heterocycles. The minimum Gasteiger partial charge on any atom is -0.481 e. The molecule has 0 saturated carbocycles. The molecule has 24 heavy (non-hydrogen) atoms. The molecule has 0 bridgehead atoms. The van der Waals surface area contributed by atoms with Crippen LogP contribution in [-0.4, -0.2) is 18.6 Å². The lowest BCUT2D eigenvalue weighted by atomic mass is 10.1. The van der Waals surface area contributed by atoms with Crippen molar-refractivity contribution in [3.8, 4) is 5.75 Å². The van der Waals surface area contributed by atoms with Crippen molar-refractivity contribution in [1.82, 2.24) is 5.32 Å². The molecular formula is C20H24ClNO2. The van der Waals surface area contributed by atoms with Crippen LogP contribution in [0.4, 0.5) is 0 Å². The van der Waals surface area contributed by atoms with E-state index >= 15 is 0 Å². The van der Waals surface area contributed by atoms with Crippen LogP contribution in [0.5, 0.6) is 5.75 Å². The van der Waals surface area contributed by atoms with Crippen LogP contribution in [0.25, 0.3) is 0 Å². The molecule has 0 aliphatic carbocycles. The Kier molecular flexibility index (Phi) is 7.13. The number of amides is 1. The number of hydrogen-bond acceptors (Lipinski definition) is 2. The standard InChI is InChI=1S/C20H24ClNO2/c1-3-17-8-4-5-9-19(17)24-15(2)20(23)22-14-6-7-16-10-12-18(21)13-11-16/h4-5,8-13,15H,3,6-7,14H2,1-2H3,(H,22,23)/t15-/m0/s1. The highest BCUT2D eigenvalue weighted by molar-refractivity contribution is 6.30. The van der Waals surface area contributed by atoms with Gasteiger partial charge in [-0.3, -0.25) is 4.79 Å². The van der Waals surface area contributed by atoms with Crippen molar-refractivity contribution >= 4 is 17.5 Å². The van der Waals surface area contributed by atoms with Crippen LogP contribution in [0.2, 0.25) is 5.02 Å². The van der Waals surface area contributed by atoms with Crippen LogP contribution < -0.4 is 10.1 Å². The number of carbonyl (C=O) groups is 1. The van der Waals surface area contributed by atoms with E-state index in [0.29, 0.717) is 6.54 Å². The first kappa shape index (κ1) is 18.3. The van der Waals surface area contributed by atoms with Crippen LogP contribution in [0.3, 0.4) is 0 Å². The third-order valence-corrected chi connectivity index (χ3v) is 4.13. The number of aryl methyl sites for hydroxylation is 2. The maximum atomic E-state index is 12.1. The Morgan fingerprint density at radius 1 is 1.17 bits per heavy atom. The molecule has 1 amide bonds. The second kappa shape index (κ2) is 9.33. The number of benzene rings is 2. The number of nitrogens with one attached hydrogen (secondary N) is 1. The van der Waals surface area contributed by atoms with Crippen molar-refractivity contribution in [3.63, 3.8) is 0 Å². The number of rotatable bonds is 8. The fraction of sp³-hybridized carbons (Fsp3) is 0.350. The Balaban J connectivity index is 1.74. The maximum absolute atomic E-state index is 12.1. The quantitative estimate of drug-likeness (QED) is 0.719. The SMILES string of the molecule is CCc1ccccc1O[C@@H](C)C(=O)NCCCc1ccc(Cl)cc1. The molecule has 0 aliphatic rings. The summed E-state index contributed by atoms with van der Waals surface area (Å²) in [7, 11) is 0. The average molecular weight is 346 g/mol. The zero-order valence-electron chi connectivity index (χ0n) is 14.2. The number of halogens is 1. The molecule has 128 valence electrons. The Labute approximate surface area is 149 Å². The fourth-order valence-electron chi connectivity index (χ4n) is 2.45. The first-order chi connectivity index (χ1) is 11.6. The van der Waals surface area contributed by atoms with Crippen LogP contribution in [0.15, 0.2) is 48.5 Å². The number of carbonyl (C=O) groups excluding carboxylic acids is 1. The average Bonchev–Trinajstić information content (AvgIpc) is 2.60. The molecule has 0 aliphatic heterocycles.